The highest BCUT2D eigenvalue weighted by Crippen LogP contribution is 2.37. The molecule has 2 aliphatic rings. The van der Waals surface area contributed by atoms with E-state index >= 15 is 0 Å². The zero-order valence-corrected chi connectivity index (χ0v) is 14.6. The Morgan fingerprint density at radius 2 is 2.04 bits per heavy atom. The minimum Gasteiger partial charge on any atom is -0.355 e. The lowest BCUT2D eigenvalue weighted by molar-refractivity contribution is -0.117. The van der Waals surface area contributed by atoms with Crippen molar-refractivity contribution in [3.05, 3.63) is 27.9 Å². The van der Waals surface area contributed by atoms with Crippen LogP contribution in [-0.4, -0.2) is 47.3 Å². The molecule has 1 fully saturated rings. The lowest BCUT2D eigenvalue weighted by Crippen LogP contribution is -2.31. The van der Waals surface area contributed by atoms with Crippen LogP contribution >= 0.6 is 23.2 Å². The summed E-state index contributed by atoms with van der Waals surface area (Å²) >= 11 is 12.5. The molecule has 1 aliphatic heterocycles. The summed E-state index contributed by atoms with van der Waals surface area (Å²) in [6.07, 6.45) is 5.65. The van der Waals surface area contributed by atoms with Crippen LogP contribution in [-0.2, 0) is 11.8 Å². The minimum absolute atomic E-state index is 0.602. The number of hydrogen-bond acceptors (Lipinski definition) is 3. The Morgan fingerprint density at radius 1 is 1.22 bits per heavy atom. The molecule has 0 spiro atoms. The molecule has 1 amide bonds. The van der Waals surface area contributed by atoms with Crippen molar-refractivity contribution >= 4 is 41.0 Å². The molecule has 3 rings (SSSR count). The maximum Gasteiger partial charge on any atom is 0.209 e. The van der Waals surface area contributed by atoms with Crippen molar-refractivity contribution < 1.29 is 4.79 Å². The Morgan fingerprint density at radius 3 is 2.83 bits per heavy atom. The fourth-order valence-electron chi connectivity index (χ4n) is 3.06. The molecule has 5 nitrogen and oxygen atoms in total. The lowest BCUT2D eigenvalue weighted by Gasteiger charge is -2.22. The number of aromatic nitrogens is 2. The maximum absolute atomic E-state index is 11.0. The molecule has 1 aromatic heterocycles. The summed E-state index contributed by atoms with van der Waals surface area (Å²) < 4.78 is 1.87. The van der Waals surface area contributed by atoms with Gasteiger partial charge in [0, 0.05) is 49.9 Å². The standard InChI is InChI=1S/C16H20Cl2N4O/c1-20-15(22-7-3-6-21(11-23)8-9-22)10-14(19-20)12-4-2-5-13(17)16(12)18/h4,10-11H,2-3,5-9H2,1H3. The number of carbonyl (C=O) groups excluding carboxylic acids is 1. The molecule has 124 valence electrons. The number of rotatable bonds is 3. The zero-order chi connectivity index (χ0) is 16.4. The van der Waals surface area contributed by atoms with E-state index in [-0.39, 0.29) is 0 Å². The summed E-state index contributed by atoms with van der Waals surface area (Å²) in [4.78, 5) is 15.0. The van der Waals surface area contributed by atoms with Gasteiger partial charge in [0.2, 0.25) is 6.41 Å². The quantitative estimate of drug-likeness (QED) is 0.783. The molecule has 0 N–H and O–H groups in total. The highest BCUT2D eigenvalue weighted by Gasteiger charge is 2.21. The normalized spacial score (nSPS) is 19.7. The van der Waals surface area contributed by atoms with E-state index in [2.05, 4.69) is 22.1 Å². The number of halogens is 2. The summed E-state index contributed by atoms with van der Waals surface area (Å²) in [5.74, 6) is 1.04. The molecule has 1 aliphatic carbocycles. The second-order valence-corrected chi connectivity index (χ2v) is 6.70. The van der Waals surface area contributed by atoms with Crippen LogP contribution in [0, 0.1) is 0 Å². The van der Waals surface area contributed by atoms with Gasteiger partial charge in [0.15, 0.2) is 0 Å². The average molecular weight is 355 g/mol. The highest BCUT2D eigenvalue weighted by atomic mass is 35.5. The molecule has 0 radical (unpaired) electrons. The van der Waals surface area contributed by atoms with Crippen molar-refractivity contribution in [2.24, 2.45) is 7.05 Å². The summed E-state index contributed by atoms with van der Waals surface area (Å²) in [7, 11) is 1.93. The van der Waals surface area contributed by atoms with Gasteiger partial charge in [-0.2, -0.15) is 5.10 Å². The van der Waals surface area contributed by atoms with E-state index in [0.29, 0.717) is 10.1 Å². The first kappa shape index (κ1) is 16.4. The zero-order valence-electron chi connectivity index (χ0n) is 13.1. The average Bonchev–Trinajstić information content (AvgIpc) is 2.78. The molecule has 0 bridgehead atoms. The largest absolute Gasteiger partial charge is 0.355 e. The Kier molecular flexibility index (Phi) is 4.97. The van der Waals surface area contributed by atoms with Crippen LogP contribution in [0.2, 0.25) is 0 Å². The monoisotopic (exact) mass is 354 g/mol. The van der Waals surface area contributed by atoms with E-state index in [9.17, 15) is 4.79 Å². The first-order valence-corrected chi connectivity index (χ1v) is 8.59. The van der Waals surface area contributed by atoms with E-state index in [1.807, 2.05) is 16.6 Å². The van der Waals surface area contributed by atoms with Crippen molar-refractivity contribution in [3.63, 3.8) is 0 Å². The van der Waals surface area contributed by atoms with Crippen LogP contribution in [0.5, 0.6) is 0 Å². The van der Waals surface area contributed by atoms with Gasteiger partial charge in [-0.25, -0.2) is 0 Å². The van der Waals surface area contributed by atoms with Crippen LogP contribution in [0.3, 0.4) is 0 Å². The van der Waals surface area contributed by atoms with E-state index < -0.39 is 0 Å². The fourth-order valence-corrected chi connectivity index (χ4v) is 3.54. The number of nitrogens with zero attached hydrogens (tertiary/aromatic N) is 4. The number of carbonyl (C=O) groups is 1. The van der Waals surface area contributed by atoms with Crippen molar-refractivity contribution in [1.82, 2.24) is 14.7 Å². The second kappa shape index (κ2) is 6.97. The highest BCUT2D eigenvalue weighted by molar-refractivity contribution is 6.44. The molecule has 23 heavy (non-hydrogen) atoms. The van der Waals surface area contributed by atoms with Gasteiger partial charge in [-0.3, -0.25) is 9.48 Å². The number of allylic oxidation sites excluding steroid dienone is 4. The molecular formula is C16H20Cl2N4O. The Balaban J connectivity index is 1.84. The van der Waals surface area contributed by atoms with Crippen LogP contribution < -0.4 is 4.90 Å². The van der Waals surface area contributed by atoms with Crippen LogP contribution in [0.25, 0.3) is 5.57 Å². The second-order valence-electron chi connectivity index (χ2n) is 5.87. The van der Waals surface area contributed by atoms with E-state index in [4.69, 9.17) is 23.2 Å². The number of anilines is 1. The van der Waals surface area contributed by atoms with E-state index in [0.717, 1.165) is 68.9 Å². The summed E-state index contributed by atoms with van der Waals surface area (Å²) in [5.41, 5.74) is 1.76. The van der Waals surface area contributed by atoms with Crippen molar-refractivity contribution in [3.8, 4) is 0 Å². The van der Waals surface area contributed by atoms with Crippen LogP contribution in [0.15, 0.2) is 22.2 Å². The molecule has 0 saturated carbocycles. The predicted octanol–water partition coefficient (Wildman–Crippen LogP) is 2.96. The van der Waals surface area contributed by atoms with E-state index in [1.54, 1.807) is 0 Å². The lowest BCUT2D eigenvalue weighted by atomic mass is 10.0. The van der Waals surface area contributed by atoms with E-state index in [1.165, 1.54) is 0 Å². The molecule has 0 aromatic carbocycles. The third-order valence-corrected chi connectivity index (χ3v) is 5.23. The fraction of sp³-hybridized carbons (Fsp3) is 0.500. The third-order valence-electron chi connectivity index (χ3n) is 4.32. The van der Waals surface area contributed by atoms with Crippen LogP contribution in [0.4, 0.5) is 5.82 Å². The Bertz CT molecular complexity index is 665. The SMILES string of the molecule is Cn1nc(C2=CCCC(Cl)=C2Cl)cc1N1CCCN(C=O)CC1. The Labute approximate surface area is 146 Å². The van der Waals surface area contributed by atoms with Crippen molar-refractivity contribution in [1.29, 1.82) is 0 Å². The van der Waals surface area contributed by atoms with Gasteiger partial charge in [-0.05, 0) is 19.3 Å². The van der Waals surface area contributed by atoms with Crippen molar-refractivity contribution in [2.45, 2.75) is 19.3 Å². The Hall–Kier alpha value is -1.46. The van der Waals surface area contributed by atoms with Gasteiger partial charge in [0.25, 0.3) is 0 Å². The molecule has 0 atom stereocenters. The third kappa shape index (κ3) is 3.40. The van der Waals surface area contributed by atoms with Gasteiger partial charge in [-0.15, -0.1) is 0 Å². The topological polar surface area (TPSA) is 41.4 Å². The molecule has 1 aromatic rings. The summed E-state index contributed by atoms with van der Waals surface area (Å²) in [6, 6.07) is 2.06. The van der Waals surface area contributed by atoms with Gasteiger partial charge in [0.05, 0.1) is 10.7 Å². The molecule has 7 heteroatoms. The van der Waals surface area contributed by atoms with Gasteiger partial charge >= 0.3 is 0 Å². The first-order chi connectivity index (χ1) is 11.1. The van der Waals surface area contributed by atoms with Crippen molar-refractivity contribution in [2.75, 3.05) is 31.1 Å². The molecule has 0 unspecified atom stereocenters. The van der Waals surface area contributed by atoms with Gasteiger partial charge in [0.1, 0.15) is 5.82 Å². The van der Waals surface area contributed by atoms with Crippen LogP contribution in [0.1, 0.15) is 25.0 Å². The number of amides is 1. The molecule has 2 heterocycles. The van der Waals surface area contributed by atoms with Gasteiger partial charge < -0.3 is 9.80 Å². The number of hydrogen-bond donors (Lipinski definition) is 0. The first-order valence-electron chi connectivity index (χ1n) is 7.83. The predicted molar refractivity (Wildman–Crippen MR) is 93.6 cm³/mol. The smallest absolute Gasteiger partial charge is 0.209 e. The van der Waals surface area contributed by atoms with Gasteiger partial charge in [-0.1, -0.05) is 29.3 Å². The summed E-state index contributed by atoms with van der Waals surface area (Å²) in [5, 5.41) is 5.91. The summed E-state index contributed by atoms with van der Waals surface area (Å²) in [6.45, 7) is 3.26. The molecular weight excluding hydrogens is 335 g/mol. The molecule has 1 saturated heterocycles. The minimum atomic E-state index is 0.602. The maximum atomic E-state index is 11.0. The number of aryl methyl sites for hydroxylation is 1.